The highest BCUT2D eigenvalue weighted by molar-refractivity contribution is 6.21. The van der Waals surface area contributed by atoms with E-state index in [9.17, 15) is 10.1 Å². The molecule has 1 aromatic heterocycles. The van der Waals surface area contributed by atoms with E-state index in [1.807, 2.05) is 0 Å². The molecule has 0 spiro atoms. The molecule has 1 saturated carbocycles. The standard InChI is InChI=1S/C13H17ClN2O3/c1-3-13(4-2)10(14)8-11(13)19-9-6-5-7-15-12(9)16(17)18/h5-7,10-11H,3-4,8H2,1-2H3. The molecule has 5 nitrogen and oxygen atoms in total. The van der Waals surface area contributed by atoms with Crippen molar-refractivity contribution in [1.29, 1.82) is 0 Å². The number of nitro groups is 1. The molecular formula is C13H17ClN2O3. The van der Waals surface area contributed by atoms with E-state index in [0.29, 0.717) is 0 Å². The van der Waals surface area contributed by atoms with Crippen LogP contribution in [0.1, 0.15) is 33.1 Å². The van der Waals surface area contributed by atoms with Gasteiger partial charge in [0.2, 0.25) is 5.75 Å². The van der Waals surface area contributed by atoms with Gasteiger partial charge in [0.15, 0.2) is 0 Å². The summed E-state index contributed by atoms with van der Waals surface area (Å²) >= 11 is 6.31. The first-order valence-corrected chi connectivity index (χ1v) is 6.89. The van der Waals surface area contributed by atoms with Gasteiger partial charge in [-0.1, -0.05) is 13.8 Å². The maximum Gasteiger partial charge on any atom is 0.406 e. The number of nitrogens with zero attached hydrogens (tertiary/aromatic N) is 2. The van der Waals surface area contributed by atoms with E-state index >= 15 is 0 Å². The molecule has 1 aliphatic rings. The Morgan fingerprint density at radius 2 is 2.26 bits per heavy atom. The number of pyridine rings is 1. The molecule has 6 heteroatoms. The zero-order valence-corrected chi connectivity index (χ0v) is 11.8. The highest BCUT2D eigenvalue weighted by atomic mass is 35.5. The third kappa shape index (κ3) is 2.27. The average molecular weight is 285 g/mol. The number of aromatic nitrogens is 1. The quantitative estimate of drug-likeness (QED) is 0.471. The van der Waals surface area contributed by atoms with Gasteiger partial charge in [0.05, 0.1) is 0 Å². The minimum absolute atomic E-state index is 0.0724. The van der Waals surface area contributed by atoms with Gasteiger partial charge in [0, 0.05) is 17.2 Å². The predicted molar refractivity (Wildman–Crippen MR) is 72.6 cm³/mol. The molecule has 1 aliphatic carbocycles. The third-order valence-electron chi connectivity index (χ3n) is 4.20. The molecule has 19 heavy (non-hydrogen) atoms. The molecule has 0 N–H and O–H groups in total. The summed E-state index contributed by atoms with van der Waals surface area (Å²) in [5, 5.41) is 11.0. The van der Waals surface area contributed by atoms with Gasteiger partial charge in [0.25, 0.3) is 0 Å². The second kappa shape index (κ2) is 5.33. The summed E-state index contributed by atoms with van der Waals surface area (Å²) in [5.74, 6) is -0.00558. The average Bonchev–Trinajstić information content (AvgIpc) is 2.40. The lowest BCUT2D eigenvalue weighted by molar-refractivity contribution is -0.391. The molecule has 2 unspecified atom stereocenters. The second-order valence-electron chi connectivity index (χ2n) is 4.83. The Balaban J connectivity index is 2.21. The summed E-state index contributed by atoms with van der Waals surface area (Å²) in [6.45, 7) is 4.15. The molecular weight excluding hydrogens is 268 g/mol. The highest BCUT2D eigenvalue weighted by Gasteiger charge is 2.54. The SMILES string of the molecule is CCC1(CC)C(Cl)CC1Oc1cccnc1[N+](=O)[O-]. The van der Waals surface area contributed by atoms with Gasteiger partial charge in [-0.25, -0.2) is 0 Å². The van der Waals surface area contributed by atoms with Crippen LogP contribution in [0.3, 0.4) is 0 Å². The van der Waals surface area contributed by atoms with Gasteiger partial charge in [-0.15, -0.1) is 11.6 Å². The molecule has 2 atom stereocenters. The zero-order valence-electron chi connectivity index (χ0n) is 11.0. The smallest absolute Gasteiger partial charge is 0.406 e. The zero-order chi connectivity index (χ0) is 14.0. The number of rotatable bonds is 5. The fourth-order valence-electron chi connectivity index (χ4n) is 2.78. The molecule has 2 rings (SSSR count). The van der Waals surface area contributed by atoms with Crippen LogP contribution in [0.15, 0.2) is 18.3 Å². The second-order valence-corrected chi connectivity index (χ2v) is 5.36. The third-order valence-corrected chi connectivity index (χ3v) is 4.81. The van der Waals surface area contributed by atoms with Crippen molar-refractivity contribution < 1.29 is 9.66 Å². The topological polar surface area (TPSA) is 65.3 Å². The van der Waals surface area contributed by atoms with Crippen LogP contribution in [0.5, 0.6) is 5.75 Å². The van der Waals surface area contributed by atoms with Gasteiger partial charge in [-0.3, -0.25) is 0 Å². The molecule has 0 saturated heterocycles. The van der Waals surface area contributed by atoms with Crippen molar-refractivity contribution in [2.45, 2.75) is 44.6 Å². The lowest BCUT2D eigenvalue weighted by atomic mass is 9.62. The lowest BCUT2D eigenvalue weighted by Crippen LogP contribution is -2.56. The van der Waals surface area contributed by atoms with Crippen LogP contribution in [0.25, 0.3) is 0 Å². The molecule has 1 aromatic rings. The fourth-order valence-corrected chi connectivity index (χ4v) is 3.39. The first kappa shape index (κ1) is 14.1. The monoisotopic (exact) mass is 284 g/mol. The van der Waals surface area contributed by atoms with Crippen LogP contribution in [0, 0.1) is 15.5 Å². The Kier molecular flexibility index (Phi) is 3.94. The van der Waals surface area contributed by atoms with E-state index in [0.717, 1.165) is 19.3 Å². The molecule has 0 amide bonds. The van der Waals surface area contributed by atoms with Crippen molar-refractivity contribution in [3.8, 4) is 5.75 Å². The maximum atomic E-state index is 10.9. The summed E-state index contributed by atoms with van der Waals surface area (Å²) < 4.78 is 5.82. The Labute approximate surface area is 117 Å². The molecule has 0 bridgehead atoms. The van der Waals surface area contributed by atoms with Crippen LogP contribution < -0.4 is 4.74 Å². The van der Waals surface area contributed by atoms with Gasteiger partial charge in [0.1, 0.15) is 12.3 Å². The summed E-state index contributed by atoms with van der Waals surface area (Å²) in [7, 11) is 0. The largest absolute Gasteiger partial charge is 0.482 e. The molecule has 1 fully saturated rings. The van der Waals surface area contributed by atoms with Gasteiger partial charge in [-0.05, 0) is 34.9 Å². The number of alkyl halides is 1. The van der Waals surface area contributed by atoms with Gasteiger partial charge < -0.3 is 14.9 Å². The molecule has 0 radical (unpaired) electrons. The summed E-state index contributed by atoms with van der Waals surface area (Å²) in [6.07, 6.45) is 3.83. The molecule has 0 aliphatic heterocycles. The van der Waals surface area contributed by atoms with Crippen molar-refractivity contribution >= 4 is 17.4 Å². The number of ether oxygens (including phenoxy) is 1. The maximum absolute atomic E-state index is 10.9. The van der Waals surface area contributed by atoms with Gasteiger partial charge >= 0.3 is 5.82 Å². The number of halogens is 1. The van der Waals surface area contributed by atoms with E-state index in [4.69, 9.17) is 16.3 Å². The Morgan fingerprint density at radius 1 is 1.58 bits per heavy atom. The van der Waals surface area contributed by atoms with E-state index in [-0.39, 0.29) is 28.5 Å². The normalized spacial score (nSPS) is 24.6. The Bertz CT molecular complexity index is 477. The number of hydrogen-bond acceptors (Lipinski definition) is 4. The Hall–Kier alpha value is -1.36. The minimum atomic E-state index is -0.522. The summed E-state index contributed by atoms with van der Waals surface area (Å²) in [5.41, 5.74) is -0.0920. The van der Waals surface area contributed by atoms with Crippen molar-refractivity contribution in [3.63, 3.8) is 0 Å². The lowest BCUT2D eigenvalue weighted by Gasteiger charge is -2.52. The van der Waals surface area contributed by atoms with Crippen molar-refractivity contribution in [2.75, 3.05) is 0 Å². The predicted octanol–water partition coefficient (Wildman–Crippen LogP) is 3.55. The highest BCUT2D eigenvalue weighted by Crippen LogP contribution is 2.52. The van der Waals surface area contributed by atoms with Crippen LogP contribution in [-0.4, -0.2) is 21.4 Å². The van der Waals surface area contributed by atoms with Gasteiger partial charge in [-0.2, -0.15) is 0 Å². The van der Waals surface area contributed by atoms with Crippen molar-refractivity contribution in [1.82, 2.24) is 4.98 Å². The molecule has 104 valence electrons. The van der Waals surface area contributed by atoms with Crippen LogP contribution in [-0.2, 0) is 0 Å². The molecule has 0 aromatic carbocycles. The first-order chi connectivity index (χ1) is 9.05. The van der Waals surface area contributed by atoms with Crippen LogP contribution in [0.4, 0.5) is 5.82 Å². The minimum Gasteiger partial charge on any atom is -0.482 e. The Morgan fingerprint density at radius 3 is 2.79 bits per heavy atom. The van der Waals surface area contributed by atoms with E-state index in [1.54, 1.807) is 12.1 Å². The fraction of sp³-hybridized carbons (Fsp3) is 0.615. The van der Waals surface area contributed by atoms with E-state index in [1.165, 1.54) is 6.20 Å². The van der Waals surface area contributed by atoms with Crippen LogP contribution in [0.2, 0.25) is 0 Å². The van der Waals surface area contributed by atoms with E-state index in [2.05, 4.69) is 18.8 Å². The summed E-state index contributed by atoms with van der Waals surface area (Å²) in [6, 6.07) is 3.22. The first-order valence-electron chi connectivity index (χ1n) is 6.45. The molecule has 1 heterocycles. The van der Waals surface area contributed by atoms with Crippen molar-refractivity contribution in [3.05, 3.63) is 28.4 Å². The summed E-state index contributed by atoms with van der Waals surface area (Å²) in [4.78, 5) is 14.1. The van der Waals surface area contributed by atoms with E-state index < -0.39 is 4.92 Å². The van der Waals surface area contributed by atoms with Crippen LogP contribution >= 0.6 is 11.6 Å². The van der Waals surface area contributed by atoms with Crippen molar-refractivity contribution in [2.24, 2.45) is 5.41 Å². The number of hydrogen-bond donors (Lipinski definition) is 0.